The molecule has 17 heavy (non-hydrogen) atoms. The third kappa shape index (κ3) is 3.40. The van der Waals surface area contributed by atoms with Gasteiger partial charge in [-0.3, -0.25) is 4.99 Å². The summed E-state index contributed by atoms with van der Waals surface area (Å²) < 4.78 is 0. The van der Waals surface area contributed by atoms with Gasteiger partial charge in [-0.15, -0.1) is 0 Å². The minimum absolute atomic E-state index is 0.376. The number of nitrogens with one attached hydrogen (secondary N) is 1. The quantitative estimate of drug-likeness (QED) is 0.774. The molecule has 1 heterocycles. The maximum atomic E-state index is 4.70. The Bertz CT molecular complexity index is 299. The average molecular weight is 254 g/mol. The van der Waals surface area contributed by atoms with Gasteiger partial charge in [-0.2, -0.15) is 0 Å². The fourth-order valence-corrected chi connectivity index (χ4v) is 3.68. The molecule has 3 heteroatoms. The summed E-state index contributed by atoms with van der Waals surface area (Å²) in [6.45, 7) is 10.3. The molecule has 0 spiro atoms. The summed E-state index contributed by atoms with van der Waals surface area (Å²) in [6.07, 6.45) is 4.08. The molecule has 2 nitrogen and oxygen atoms in total. The second kappa shape index (κ2) is 5.21. The molecule has 2 aliphatic rings. The van der Waals surface area contributed by atoms with Crippen molar-refractivity contribution in [3.05, 3.63) is 0 Å². The molecule has 0 bridgehead atoms. The largest absolute Gasteiger partial charge is 0.362 e. The maximum Gasteiger partial charge on any atom is 0.156 e. The number of nitrogens with zero attached hydrogens (tertiary/aromatic N) is 1. The van der Waals surface area contributed by atoms with Gasteiger partial charge in [-0.1, -0.05) is 52.3 Å². The molecular weight excluding hydrogens is 228 g/mol. The van der Waals surface area contributed by atoms with E-state index in [1.54, 1.807) is 0 Å². The Hall–Kier alpha value is -0.180. The van der Waals surface area contributed by atoms with Gasteiger partial charge in [-0.05, 0) is 23.7 Å². The Balaban J connectivity index is 1.91. The lowest BCUT2D eigenvalue weighted by Gasteiger charge is -2.36. The molecule has 1 fully saturated rings. The molecule has 1 saturated carbocycles. The van der Waals surface area contributed by atoms with Crippen LogP contribution in [0.4, 0.5) is 0 Å². The summed E-state index contributed by atoms with van der Waals surface area (Å²) in [5.74, 6) is 2.82. The molecule has 0 saturated heterocycles. The Kier molecular flexibility index (Phi) is 4.06. The van der Waals surface area contributed by atoms with Crippen LogP contribution in [0.15, 0.2) is 4.99 Å². The summed E-state index contributed by atoms with van der Waals surface area (Å²) in [5, 5.41) is 4.88. The van der Waals surface area contributed by atoms with E-state index in [2.05, 4.69) is 33.0 Å². The first kappa shape index (κ1) is 13.3. The van der Waals surface area contributed by atoms with Crippen molar-refractivity contribution in [3.8, 4) is 0 Å². The molecule has 0 aromatic carbocycles. The van der Waals surface area contributed by atoms with Crippen molar-refractivity contribution in [2.24, 2.45) is 22.2 Å². The van der Waals surface area contributed by atoms with E-state index in [1.165, 1.54) is 30.2 Å². The number of amidine groups is 1. The van der Waals surface area contributed by atoms with E-state index in [1.807, 2.05) is 11.8 Å². The van der Waals surface area contributed by atoms with Crippen molar-refractivity contribution >= 4 is 16.9 Å². The number of hydrogen-bond acceptors (Lipinski definition) is 3. The van der Waals surface area contributed by atoms with E-state index < -0.39 is 0 Å². The van der Waals surface area contributed by atoms with Gasteiger partial charge in [0.2, 0.25) is 0 Å². The van der Waals surface area contributed by atoms with Crippen LogP contribution in [0.5, 0.6) is 0 Å². The van der Waals surface area contributed by atoms with Gasteiger partial charge < -0.3 is 5.32 Å². The fourth-order valence-electron chi connectivity index (χ4n) is 2.67. The van der Waals surface area contributed by atoms with Crippen LogP contribution in [0, 0.1) is 17.3 Å². The molecular formula is C14H26N2S. The van der Waals surface area contributed by atoms with Crippen LogP contribution in [-0.4, -0.2) is 23.5 Å². The molecule has 0 amide bonds. The molecule has 0 aromatic heterocycles. The van der Waals surface area contributed by atoms with E-state index in [9.17, 15) is 0 Å². The Labute approximate surface area is 110 Å². The zero-order valence-corrected chi connectivity index (χ0v) is 12.4. The SMILES string of the molecule is CC1CCCC(NC2=NCC(C)(C)CS2)C1C. The number of hydrogen-bond donors (Lipinski definition) is 1. The monoisotopic (exact) mass is 254 g/mol. The highest BCUT2D eigenvalue weighted by molar-refractivity contribution is 8.13. The topological polar surface area (TPSA) is 24.4 Å². The van der Waals surface area contributed by atoms with Gasteiger partial charge in [0, 0.05) is 18.3 Å². The minimum atomic E-state index is 0.376. The van der Waals surface area contributed by atoms with E-state index in [4.69, 9.17) is 4.99 Å². The van der Waals surface area contributed by atoms with E-state index >= 15 is 0 Å². The summed E-state index contributed by atoms with van der Waals surface area (Å²) in [4.78, 5) is 4.70. The molecule has 98 valence electrons. The van der Waals surface area contributed by atoms with Crippen molar-refractivity contribution in [3.63, 3.8) is 0 Å². The van der Waals surface area contributed by atoms with Crippen LogP contribution in [0.3, 0.4) is 0 Å². The van der Waals surface area contributed by atoms with E-state index in [0.717, 1.165) is 18.4 Å². The molecule has 3 unspecified atom stereocenters. The van der Waals surface area contributed by atoms with Crippen molar-refractivity contribution in [1.82, 2.24) is 5.32 Å². The molecule has 3 atom stereocenters. The lowest BCUT2D eigenvalue weighted by molar-refractivity contribution is 0.225. The van der Waals surface area contributed by atoms with Gasteiger partial charge in [0.25, 0.3) is 0 Å². The van der Waals surface area contributed by atoms with Crippen molar-refractivity contribution in [1.29, 1.82) is 0 Å². The normalized spacial score (nSPS) is 37.4. The first-order valence-electron chi connectivity index (χ1n) is 6.92. The average Bonchev–Trinajstić information content (AvgIpc) is 2.27. The second-order valence-electron chi connectivity index (χ2n) is 6.59. The predicted octanol–water partition coefficient (Wildman–Crippen LogP) is 3.53. The zero-order valence-electron chi connectivity index (χ0n) is 11.6. The smallest absolute Gasteiger partial charge is 0.156 e. The van der Waals surface area contributed by atoms with Crippen LogP contribution in [0.25, 0.3) is 0 Å². The number of thioether (sulfide) groups is 1. The minimum Gasteiger partial charge on any atom is -0.362 e. The molecule has 0 radical (unpaired) electrons. The van der Waals surface area contributed by atoms with Gasteiger partial charge in [0.15, 0.2) is 5.17 Å². The van der Waals surface area contributed by atoms with Gasteiger partial charge in [0.05, 0.1) is 0 Å². The van der Waals surface area contributed by atoms with Crippen LogP contribution in [0.2, 0.25) is 0 Å². The number of aliphatic imine (C=N–C) groups is 1. The Morgan fingerprint density at radius 1 is 1.29 bits per heavy atom. The summed E-state index contributed by atoms with van der Waals surface area (Å²) in [7, 11) is 0. The van der Waals surface area contributed by atoms with E-state index in [0.29, 0.717) is 11.5 Å². The Morgan fingerprint density at radius 3 is 2.71 bits per heavy atom. The molecule has 1 N–H and O–H groups in total. The van der Waals surface area contributed by atoms with Crippen LogP contribution >= 0.6 is 11.8 Å². The van der Waals surface area contributed by atoms with E-state index in [-0.39, 0.29) is 0 Å². The lowest BCUT2D eigenvalue weighted by Crippen LogP contribution is -2.44. The molecule has 1 aliphatic heterocycles. The third-order valence-corrected chi connectivity index (χ3v) is 5.71. The first-order chi connectivity index (χ1) is 7.98. The number of rotatable bonds is 1. The zero-order chi connectivity index (χ0) is 12.5. The van der Waals surface area contributed by atoms with Crippen molar-refractivity contribution < 1.29 is 0 Å². The highest BCUT2D eigenvalue weighted by Crippen LogP contribution is 2.32. The first-order valence-corrected chi connectivity index (χ1v) is 7.90. The van der Waals surface area contributed by atoms with Crippen LogP contribution < -0.4 is 5.32 Å². The summed E-state index contributed by atoms with van der Waals surface area (Å²) in [5.41, 5.74) is 0.376. The standard InChI is InChI=1S/C14H26N2S/c1-10-6-5-7-12(11(10)2)16-13-15-8-14(3,4)9-17-13/h10-12H,5-9H2,1-4H3,(H,15,16). The van der Waals surface area contributed by atoms with Gasteiger partial charge in [-0.25, -0.2) is 0 Å². The highest BCUT2D eigenvalue weighted by Gasteiger charge is 2.29. The van der Waals surface area contributed by atoms with Gasteiger partial charge in [0.1, 0.15) is 0 Å². The second-order valence-corrected chi connectivity index (χ2v) is 7.56. The lowest BCUT2D eigenvalue weighted by atomic mass is 9.78. The van der Waals surface area contributed by atoms with Crippen LogP contribution in [-0.2, 0) is 0 Å². The highest BCUT2D eigenvalue weighted by atomic mass is 32.2. The van der Waals surface area contributed by atoms with Crippen molar-refractivity contribution in [2.75, 3.05) is 12.3 Å². The van der Waals surface area contributed by atoms with Crippen LogP contribution in [0.1, 0.15) is 47.0 Å². The maximum absolute atomic E-state index is 4.70. The molecule has 2 rings (SSSR count). The Morgan fingerprint density at radius 2 is 2.06 bits per heavy atom. The molecule has 0 aromatic rings. The van der Waals surface area contributed by atoms with Gasteiger partial charge >= 0.3 is 0 Å². The molecule has 1 aliphatic carbocycles. The van der Waals surface area contributed by atoms with Crippen molar-refractivity contribution in [2.45, 2.75) is 53.0 Å². The predicted molar refractivity (Wildman–Crippen MR) is 77.6 cm³/mol. The fraction of sp³-hybridized carbons (Fsp3) is 0.929. The summed E-state index contributed by atoms with van der Waals surface area (Å²) >= 11 is 1.91. The third-order valence-electron chi connectivity index (χ3n) is 4.27. The summed E-state index contributed by atoms with van der Waals surface area (Å²) in [6, 6.07) is 0.645.